The Kier molecular flexibility index (Phi) is 2.77. The molecule has 206 valence electrons. The lowest BCUT2D eigenvalue weighted by atomic mass is 9.98. The second kappa shape index (κ2) is 10.0. The number of furan rings is 1. The van der Waals surface area contributed by atoms with Crippen LogP contribution in [0.3, 0.4) is 0 Å². The fraction of sp³-hybridized carbons (Fsp3) is 0. The summed E-state index contributed by atoms with van der Waals surface area (Å²) in [7, 11) is 0. The number of thiophene rings is 1. The number of fused-ring (bicyclic) bond motifs is 6. The molecule has 0 fully saturated rings. The van der Waals surface area contributed by atoms with Gasteiger partial charge in [-0.25, -0.2) is 9.97 Å². The van der Waals surface area contributed by atoms with Crippen molar-refractivity contribution in [1.82, 2.24) is 9.97 Å². The second-order valence-electron chi connectivity index (χ2n) is 9.47. The predicted molar refractivity (Wildman–Crippen MR) is 184 cm³/mol. The van der Waals surface area contributed by atoms with Gasteiger partial charge >= 0.3 is 0 Å². The van der Waals surface area contributed by atoms with Crippen LogP contribution in [0.25, 0.3) is 86.9 Å². The third-order valence-corrected chi connectivity index (χ3v) is 8.13. The largest absolute Gasteiger partial charge is 0.455 e. The summed E-state index contributed by atoms with van der Waals surface area (Å²) < 4.78 is 179. The number of rotatable bonds is 4. The first-order valence-electron chi connectivity index (χ1n) is 23.0. The van der Waals surface area contributed by atoms with Gasteiger partial charge in [-0.1, -0.05) is 109 Å². The predicted octanol–water partition coefficient (Wildman–Crippen LogP) is 11.4. The van der Waals surface area contributed by atoms with E-state index in [0.717, 1.165) is 17.7 Å². The maximum absolute atomic E-state index is 9.50. The third-order valence-electron chi connectivity index (χ3n) is 6.96. The zero-order valence-corrected chi connectivity index (χ0v) is 22.8. The second-order valence-corrected chi connectivity index (χ2v) is 10.5. The van der Waals surface area contributed by atoms with E-state index >= 15 is 0 Å². The Morgan fingerprint density at radius 1 is 0.568 bits per heavy atom. The summed E-state index contributed by atoms with van der Waals surface area (Å²) in [5, 5.41) is -0.125. The van der Waals surface area contributed by atoms with Gasteiger partial charge in [0.05, 0.1) is 43.3 Å². The zero-order chi connectivity index (χ0) is 46.4. The van der Waals surface area contributed by atoms with Crippen LogP contribution in [0.1, 0.15) is 27.4 Å². The van der Waals surface area contributed by atoms with Crippen molar-refractivity contribution in [1.29, 1.82) is 0 Å². The maximum atomic E-state index is 9.50. The van der Waals surface area contributed by atoms with Crippen molar-refractivity contribution in [2.45, 2.75) is 0 Å². The SMILES string of the molecule is [2H]c1c([2H])c([2H])c(-c2c([2H])c([2H])c([2H])c(-c3ccc4sc5c(-c6c([2H])c([2H])c([2H])c(-c7c([2H])c([2H])c([2H])c8c7oc7c([2H])c([2H])c([2H])c([2H])c78)c6[2H])ncnc5c4c3)c2[2H])c([2H])c1[2H]. The van der Waals surface area contributed by atoms with Crippen molar-refractivity contribution in [3.05, 3.63) is 145 Å². The molecular formula is C40H24N2OS. The topological polar surface area (TPSA) is 38.9 Å². The maximum Gasteiger partial charge on any atom is 0.143 e. The molecule has 0 saturated heterocycles. The molecule has 0 amide bonds. The van der Waals surface area contributed by atoms with Crippen LogP contribution in [0.4, 0.5) is 0 Å². The van der Waals surface area contributed by atoms with Crippen LogP contribution in [0, 0.1) is 0 Å². The standard InChI is InChI=1S/C40H24N2OS/c1-2-9-25(10-3-1)26-11-6-12-27(21-26)28-19-20-36-34(23-28)38-40(44-36)37(41-24-42-38)30-14-7-13-29(22-30)31-16-8-17-33-32-15-4-5-18-35(32)43-39(31)33/h1-24H/i1D,2D,3D,4D,5D,6D,7D,8D,9D,10D,11D,12D,13D,14D,15D,16D,17D,18D,21D,22D. The van der Waals surface area contributed by atoms with E-state index in [1.54, 1.807) is 6.07 Å². The molecule has 6 aromatic carbocycles. The Labute approximate surface area is 285 Å². The average molecular weight is 601 g/mol. The summed E-state index contributed by atoms with van der Waals surface area (Å²) in [6.45, 7) is 0. The Hall–Kier alpha value is -5.58. The Bertz CT molecular complexity index is 3610. The molecule has 0 bridgehead atoms. The van der Waals surface area contributed by atoms with E-state index in [0.29, 0.717) is 10.1 Å². The van der Waals surface area contributed by atoms with Crippen LogP contribution in [0.15, 0.2) is 150 Å². The molecule has 4 heteroatoms. The summed E-state index contributed by atoms with van der Waals surface area (Å²) >= 11 is 1.10. The summed E-state index contributed by atoms with van der Waals surface area (Å²) in [5.74, 6) is 0. The van der Waals surface area contributed by atoms with Crippen LogP contribution in [0.2, 0.25) is 0 Å². The number of aromatic nitrogens is 2. The first-order chi connectivity index (χ1) is 30.1. The van der Waals surface area contributed by atoms with Gasteiger partial charge < -0.3 is 4.42 Å². The van der Waals surface area contributed by atoms with Gasteiger partial charge in [0.1, 0.15) is 17.5 Å². The molecule has 9 rings (SSSR count). The van der Waals surface area contributed by atoms with Crippen LogP contribution >= 0.6 is 11.3 Å². The van der Waals surface area contributed by atoms with Crippen molar-refractivity contribution in [2.75, 3.05) is 0 Å². The molecule has 0 saturated carbocycles. The zero-order valence-electron chi connectivity index (χ0n) is 42.0. The molecule has 0 radical (unpaired) electrons. The molecule has 0 spiro atoms. The van der Waals surface area contributed by atoms with Crippen LogP contribution in [0.5, 0.6) is 0 Å². The molecule has 3 heterocycles. The Morgan fingerprint density at radius 2 is 1.27 bits per heavy atom. The molecule has 0 aliphatic carbocycles. The van der Waals surface area contributed by atoms with E-state index in [9.17, 15) is 2.74 Å². The lowest BCUT2D eigenvalue weighted by Gasteiger charge is -2.07. The third kappa shape index (κ3) is 4.03. The Morgan fingerprint density at radius 3 is 2.18 bits per heavy atom. The number of hydrogen-bond donors (Lipinski definition) is 0. The van der Waals surface area contributed by atoms with E-state index in [1.165, 1.54) is 12.1 Å². The smallest absolute Gasteiger partial charge is 0.143 e. The van der Waals surface area contributed by atoms with Crippen molar-refractivity contribution >= 4 is 53.6 Å². The van der Waals surface area contributed by atoms with Crippen LogP contribution in [-0.4, -0.2) is 9.97 Å². The first kappa shape index (κ1) is 12.2. The normalized spacial score (nSPS) is 18.0. The van der Waals surface area contributed by atoms with E-state index in [-0.39, 0.29) is 49.0 Å². The summed E-state index contributed by atoms with van der Waals surface area (Å²) in [5.41, 5.74) is -2.70. The quantitative estimate of drug-likeness (QED) is 0.202. The highest BCUT2D eigenvalue weighted by atomic mass is 32.1. The van der Waals surface area contributed by atoms with Crippen LogP contribution < -0.4 is 0 Å². The first-order valence-corrected chi connectivity index (χ1v) is 13.8. The lowest BCUT2D eigenvalue weighted by Crippen LogP contribution is -1.87. The summed E-state index contributed by atoms with van der Waals surface area (Å²) in [6.07, 6.45) is 1.12. The molecular weight excluding hydrogens is 557 g/mol. The van der Waals surface area contributed by atoms with Gasteiger partial charge in [-0.2, -0.15) is 0 Å². The number of para-hydroxylation sites is 2. The number of nitrogens with zero attached hydrogens (tertiary/aromatic N) is 2. The number of hydrogen-bond acceptors (Lipinski definition) is 4. The van der Waals surface area contributed by atoms with Gasteiger partial charge in [0.2, 0.25) is 0 Å². The fourth-order valence-electron chi connectivity index (χ4n) is 4.99. The van der Waals surface area contributed by atoms with Gasteiger partial charge in [0.25, 0.3) is 0 Å². The van der Waals surface area contributed by atoms with E-state index in [2.05, 4.69) is 9.97 Å². The average Bonchev–Trinajstić information content (AvgIpc) is 3.86. The summed E-state index contributed by atoms with van der Waals surface area (Å²) in [6, 6.07) is -8.38. The summed E-state index contributed by atoms with van der Waals surface area (Å²) in [4.78, 5) is 8.87. The van der Waals surface area contributed by atoms with Gasteiger partial charge in [0.15, 0.2) is 0 Å². The Balaban J connectivity index is 1.29. The minimum Gasteiger partial charge on any atom is -0.455 e. The van der Waals surface area contributed by atoms with Crippen LogP contribution in [-0.2, 0) is 0 Å². The monoisotopic (exact) mass is 600 g/mol. The van der Waals surface area contributed by atoms with Gasteiger partial charge in [-0.05, 0) is 58.1 Å². The molecule has 0 atom stereocenters. The van der Waals surface area contributed by atoms with Crippen molar-refractivity contribution in [3.63, 3.8) is 0 Å². The van der Waals surface area contributed by atoms with Crippen molar-refractivity contribution < 1.29 is 31.8 Å². The van der Waals surface area contributed by atoms with E-state index in [4.69, 9.17) is 29.1 Å². The lowest BCUT2D eigenvalue weighted by molar-refractivity contribution is 0.670. The molecule has 0 aliphatic rings. The molecule has 9 aromatic rings. The van der Waals surface area contributed by atoms with Crippen molar-refractivity contribution in [2.24, 2.45) is 0 Å². The van der Waals surface area contributed by atoms with E-state index < -0.39 is 149 Å². The highest BCUT2D eigenvalue weighted by Crippen LogP contribution is 2.41. The van der Waals surface area contributed by atoms with Crippen molar-refractivity contribution in [3.8, 4) is 44.6 Å². The number of benzene rings is 6. The van der Waals surface area contributed by atoms with Gasteiger partial charge in [0, 0.05) is 32.0 Å². The van der Waals surface area contributed by atoms with E-state index in [1.807, 2.05) is 0 Å². The van der Waals surface area contributed by atoms with Gasteiger partial charge in [-0.15, -0.1) is 11.3 Å². The minimum absolute atomic E-state index is 0.0505. The molecule has 44 heavy (non-hydrogen) atoms. The molecule has 0 aliphatic heterocycles. The molecule has 0 unspecified atom stereocenters. The molecule has 3 aromatic heterocycles. The minimum atomic E-state index is -0.718. The molecule has 3 nitrogen and oxygen atoms in total. The van der Waals surface area contributed by atoms with Gasteiger partial charge in [-0.3, -0.25) is 0 Å². The highest BCUT2D eigenvalue weighted by Gasteiger charge is 2.16. The highest BCUT2D eigenvalue weighted by molar-refractivity contribution is 7.26. The fourth-order valence-corrected chi connectivity index (χ4v) is 6.12. The molecule has 0 N–H and O–H groups in total.